The highest BCUT2D eigenvalue weighted by Crippen LogP contribution is 2.37. The largest absolute Gasteiger partial charge is 0.493 e. The van der Waals surface area contributed by atoms with Gasteiger partial charge in [-0.2, -0.15) is 9.65 Å². The van der Waals surface area contributed by atoms with Gasteiger partial charge in [0.25, 0.3) is 0 Å². The van der Waals surface area contributed by atoms with Gasteiger partial charge in [0.15, 0.2) is 11.5 Å². The molecule has 0 aliphatic rings. The number of aryl methyl sites for hydroxylation is 1. The topological polar surface area (TPSA) is 42.2 Å². The van der Waals surface area contributed by atoms with E-state index in [-0.39, 0.29) is 22.9 Å². The minimum Gasteiger partial charge on any atom is -0.493 e. The predicted molar refractivity (Wildman–Crippen MR) is 58.4 cm³/mol. The molecule has 1 rings (SSSR count). The quantitative estimate of drug-likeness (QED) is 0.817. The Morgan fingerprint density at radius 2 is 2.00 bits per heavy atom. The monoisotopic (exact) mass is 243 g/mol. The van der Waals surface area contributed by atoms with Gasteiger partial charge in [-0.15, -0.1) is 0 Å². The number of ether oxygens (including phenoxy) is 2. The Morgan fingerprint density at radius 3 is 2.50 bits per heavy atom. The van der Waals surface area contributed by atoms with Crippen LogP contribution in [0.25, 0.3) is 0 Å². The Labute approximate surface area is 98.3 Å². The van der Waals surface area contributed by atoms with Gasteiger partial charge in [0.05, 0.1) is 25.3 Å². The lowest BCUT2D eigenvalue weighted by Crippen LogP contribution is -1.99. The average Bonchev–Trinajstić information content (AvgIpc) is 2.26. The maximum absolute atomic E-state index is 13.8. The second-order valence-corrected chi connectivity index (χ2v) is 3.46. The van der Waals surface area contributed by atoms with Crippen LogP contribution in [-0.2, 0) is 6.42 Å². The van der Waals surface area contributed by atoms with Gasteiger partial charge in [-0.3, -0.25) is 0 Å². The summed E-state index contributed by atoms with van der Waals surface area (Å²) < 4.78 is 23.6. The van der Waals surface area contributed by atoms with E-state index >= 15 is 0 Å². The first-order valence-corrected chi connectivity index (χ1v) is 4.99. The molecule has 0 heterocycles. The minimum absolute atomic E-state index is 0.0424. The lowest BCUT2D eigenvalue weighted by molar-refractivity contribution is 0.347. The fraction of sp³-hybridized carbons (Fsp3) is 0.364. The van der Waals surface area contributed by atoms with Crippen molar-refractivity contribution < 1.29 is 13.9 Å². The lowest BCUT2D eigenvalue weighted by Gasteiger charge is -2.12. The van der Waals surface area contributed by atoms with Crippen LogP contribution >= 0.6 is 11.6 Å². The summed E-state index contributed by atoms with van der Waals surface area (Å²) in [5.41, 5.74) is 0.562. The summed E-state index contributed by atoms with van der Waals surface area (Å²) in [6.07, 6.45) is 0.665. The van der Waals surface area contributed by atoms with Crippen molar-refractivity contribution in [2.75, 3.05) is 14.2 Å². The molecule has 0 atom stereocenters. The van der Waals surface area contributed by atoms with Crippen LogP contribution in [0, 0.1) is 17.1 Å². The van der Waals surface area contributed by atoms with E-state index in [1.54, 1.807) is 6.07 Å². The molecule has 0 radical (unpaired) electrons. The number of nitriles is 1. The second-order valence-electron chi connectivity index (χ2n) is 3.06. The van der Waals surface area contributed by atoms with E-state index < -0.39 is 5.82 Å². The van der Waals surface area contributed by atoms with E-state index in [4.69, 9.17) is 26.3 Å². The van der Waals surface area contributed by atoms with Gasteiger partial charge in [0.2, 0.25) is 5.82 Å². The second kappa shape index (κ2) is 5.57. The summed E-state index contributed by atoms with van der Waals surface area (Å²) >= 11 is 5.84. The molecule has 16 heavy (non-hydrogen) atoms. The van der Waals surface area contributed by atoms with Crippen LogP contribution in [0.1, 0.15) is 12.0 Å². The van der Waals surface area contributed by atoms with Crippen LogP contribution in [0.3, 0.4) is 0 Å². The molecule has 1 aromatic carbocycles. The molecule has 0 aliphatic heterocycles. The van der Waals surface area contributed by atoms with Crippen LogP contribution in [0.5, 0.6) is 11.5 Å². The third kappa shape index (κ3) is 2.37. The van der Waals surface area contributed by atoms with Gasteiger partial charge in [-0.25, -0.2) is 0 Å². The van der Waals surface area contributed by atoms with Crippen molar-refractivity contribution in [2.45, 2.75) is 12.8 Å². The molecule has 0 N–H and O–H groups in total. The summed E-state index contributed by atoms with van der Waals surface area (Å²) in [6, 6.07) is 3.54. The highest BCUT2D eigenvalue weighted by Gasteiger charge is 2.18. The Bertz CT molecular complexity index is 429. The smallest absolute Gasteiger partial charge is 0.208 e. The average molecular weight is 244 g/mol. The summed E-state index contributed by atoms with van der Waals surface area (Å²) in [6.45, 7) is 0. The summed E-state index contributed by atoms with van der Waals surface area (Å²) in [5, 5.41) is 8.66. The zero-order chi connectivity index (χ0) is 12.1. The molecule has 1 aromatic rings. The molecule has 0 unspecified atom stereocenters. The minimum atomic E-state index is -0.634. The fourth-order valence-electron chi connectivity index (χ4n) is 1.42. The molecular formula is C11H11ClFNO2. The molecule has 86 valence electrons. The van der Waals surface area contributed by atoms with Gasteiger partial charge in [-0.05, 0) is 18.1 Å². The molecular weight excluding hydrogens is 233 g/mol. The Balaban J connectivity index is 3.24. The molecule has 0 saturated carbocycles. The van der Waals surface area contributed by atoms with Crippen LogP contribution in [0.4, 0.5) is 4.39 Å². The molecule has 5 heteroatoms. The normalized spacial score (nSPS) is 9.69. The zero-order valence-electron chi connectivity index (χ0n) is 9.01. The number of rotatable bonds is 4. The molecule has 0 aromatic heterocycles. The van der Waals surface area contributed by atoms with Crippen molar-refractivity contribution in [3.8, 4) is 17.6 Å². The molecule has 3 nitrogen and oxygen atoms in total. The lowest BCUT2D eigenvalue weighted by atomic mass is 10.1. The zero-order valence-corrected chi connectivity index (χ0v) is 9.77. The Kier molecular flexibility index (Phi) is 4.39. The number of halogens is 2. The van der Waals surface area contributed by atoms with Crippen molar-refractivity contribution in [1.29, 1.82) is 5.26 Å². The Hall–Kier alpha value is -1.47. The molecule has 0 amide bonds. The van der Waals surface area contributed by atoms with E-state index in [1.165, 1.54) is 14.2 Å². The van der Waals surface area contributed by atoms with Crippen molar-refractivity contribution in [3.05, 3.63) is 22.5 Å². The first-order valence-electron chi connectivity index (χ1n) is 4.61. The van der Waals surface area contributed by atoms with Crippen LogP contribution in [0.15, 0.2) is 6.07 Å². The maximum atomic E-state index is 13.8. The number of nitrogens with zero attached hydrogens (tertiary/aromatic N) is 1. The van der Waals surface area contributed by atoms with E-state index in [9.17, 15) is 4.39 Å². The van der Waals surface area contributed by atoms with Gasteiger partial charge in [0.1, 0.15) is 0 Å². The van der Waals surface area contributed by atoms with Crippen molar-refractivity contribution in [3.63, 3.8) is 0 Å². The van der Waals surface area contributed by atoms with E-state index in [1.807, 2.05) is 6.07 Å². The standard InChI is InChI=1S/C11H11ClFNO2/c1-15-10-7(4-3-5-14)6-8(12)11(16-2)9(10)13/h6H,3-4H2,1-2H3. The molecule has 0 spiro atoms. The van der Waals surface area contributed by atoms with E-state index in [2.05, 4.69) is 0 Å². The third-order valence-electron chi connectivity index (χ3n) is 2.12. The van der Waals surface area contributed by atoms with E-state index in [0.29, 0.717) is 12.0 Å². The highest BCUT2D eigenvalue weighted by atomic mass is 35.5. The van der Waals surface area contributed by atoms with Crippen molar-refractivity contribution in [2.24, 2.45) is 0 Å². The van der Waals surface area contributed by atoms with Gasteiger partial charge >= 0.3 is 0 Å². The van der Waals surface area contributed by atoms with Crippen molar-refractivity contribution >= 4 is 11.6 Å². The van der Waals surface area contributed by atoms with Gasteiger partial charge in [0, 0.05) is 6.42 Å². The van der Waals surface area contributed by atoms with Crippen LogP contribution < -0.4 is 9.47 Å². The number of hydrogen-bond acceptors (Lipinski definition) is 3. The molecule has 0 fully saturated rings. The van der Waals surface area contributed by atoms with Gasteiger partial charge < -0.3 is 9.47 Å². The number of hydrogen-bond donors (Lipinski definition) is 0. The number of methoxy groups -OCH3 is 2. The predicted octanol–water partition coefficient (Wildman–Crippen LogP) is 2.95. The maximum Gasteiger partial charge on any atom is 0.208 e. The fourth-order valence-corrected chi connectivity index (χ4v) is 1.71. The molecule has 0 aliphatic carbocycles. The third-order valence-corrected chi connectivity index (χ3v) is 2.40. The first-order chi connectivity index (χ1) is 7.65. The first kappa shape index (κ1) is 12.6. The van der Waals surface area contributed by atoms with Crippen molar-refractivity contribution in [1.82, 2.24) is 0 Å². The van der Waals surface area contributed by atoms with Gasteiger partial charge in [-0.1, -0.05) is 11.6 Å². The summed E-state index contributed by atoms with van der Waals surface area (Å²) in [7, 11) is 2.69. The molecule has 0 saturated heterocycles. The highest BCUT2D eigenvalue weighted by molar-refractivity contribution is 6.32. The number of benzene rings is 1. The van der Waals surface area contributed by atoms with E-state index in [0.717, 1.165) is 0 Å². The Morgan fingerprint density at radius 1 is 1.38 bits per heavy atom. The summed E-state index contributed by atoms with van der Waals surface area (Å²) in [4.78, 5) is 0. The molecule has 0 bridgehead atoms. The van der Waals surface area contributed by atoms with Crippen LogP contribution in [-0.4, -0.2) is 14.2 Å². The SMILES string of the molecule is COc1c(Cl)cc(CCC#N)c(OC)c1F. The summed E-state index contributed by atoms with van der Waals surface area (Å²) in [5.74, 6) is -0.596. The van der Waals surface area contributed by atoms with Crippen LogP contribution in [0.2, 0.25) is 5.02 Å².